The number of carbonyl (C=O) groups excluding carboxylic acids is 2. The van der Waals surface area contributed by atoms with Gasteiger partial charge in [0.2, 0.25) is 5.91 Å². The van der Waals surface area contributed by atoms with Crippen molar-refractivity contribution in [2.75, 3.05) is 33.7 Å². The van der Waals surface area contributed by atoms with Gasteiger partial charge < -0.3 is 15.1 Å². The average molecular weight is 201 g/mol. The summed E-state index contributed by atoms with van der Waals surface area (Å²) < 4.78 is 0. The lowest BCUT2D eigenvalue weighted by Gasteiger charge is -2.19. The lowest BCUT2D eigenvalue weighted by atomic mass is 10.5. The molecule has 0 atom stereocenters. The molecule has 0 radical (unpaired) electrons. The highest BCUT2D eigenvalue weighted by molar-refractivity contribution is 5.83. The Morgan fingerprint density at radius 2 is 1.64 bits per heavy atom. The van der Waals surface area contributed by atoms with E-state index in [1.165, 1.54) is 4.90 Å². The molecule has 1 N–H and O–H groups in total. The van der Waals surface area contributed by atoms with Crippen LogP contribution in [0.4, 0.5) is 4.79 Å². The monoisotopic (exact) mass is 201 g/mol. The summed E-state index contributed by atoms with van der Waals surface area (Å²) in [7, 11) is 3.32. The lowest BCUT2D eigenvalue weighted by molar-refractivity contribution is -0.127. The fraction of sp³-hybridized carbons (Fsp3) is 0.778. The first-order valence-electron chi connectivity index (χ1n) is 4.75. The number of amides is 3. The molecule has 0 saturated carbocycles. The smallest absolute Gasteiger partial charge is 0.317 e. The van der Waals surface area contributed by atoms with Crippen LogP contribution in [0.2, 0.25) is 0 Å². The van der Waals surface area contributed by atoms with Crippen LogP contribution in [-0.2, 0) is 4.79 Å². The van der Waals surface area contributed by atoms with Crippen molar-refractivity contribution in [2.45, 2.75) is 13.8 Å². The van der Waals surface area contributed by atoms with Crippen molar-refractivity contribution in [3.05, 3.63) is 0 Å². The molecule has 0 fully saturated rings. The molecular weight excluding hydrogens is 182 g/mol. The number of rotatable bonds is 4. The van der Waals surface area contributed by atoms with Gasteiger partial charge in [0.15, 0.2) is 0 Å². The van der Waals surface area contributed by atoms with Crippen LogP contribution in [0.3, 0.4) is 0 Å². The van der Waals surface area contributed by atoms with E-state index >= 15 is 0 Å². The molecule has 0 aromatic heterocycles. The molecule has 0 aromatic rings. The number of hydrogen-bond acceptors (Lipinski definition) is 2. The Hall–Kier alpha value is -1.26. The largest absolute Gasteiger partial charge is 0.347 e. The van der Waals surface area contributed by atoms with Crippen LogP contribution in [0.5, 0.6) is 0 Å². The first kappa shape index (κ1) is 12.7. The number of nitrogens with zero attached hydrogens (tertiary/aromatic N) is 2. The van der Waals surface area contributed by atoms with Crippen molar-refractivity contribution < 1.29 is 9.59 Å². The molecule has 0 rings (SSSR count). The van der Waals surface area contributed by atoms with Crippen molar-refractivity contribution >= 4 is 11.9 Å². The topological polar surface area (TPSA) is 52.7 Å². The second-order valence-electron chi connectivity index (χ2n) is 3.12. The van der Waals surface area contributed by atoms with E-state index in [-0.39, 0.29) is 18.5 Å². The maximum absolute atomic E-state index is 11.4. The molecule has 0 unspecified atom stereocenters. The highest BCUT2D eigenvalue weighted by Crippen LogP contribution is 1.87. The third-order valence-corrected chi connectivity index (χ3v) is 1.94. The van der Waals surface area contributed by atoms with Gasteiger partial charge in [-0.3, -0.25) is 4.79 Å². The molecule has 0 aliphatic heterocycles. The number of likely N-dealkylation sites (N-methyl/N-ethyl adjacent to an activating group) is 1. The summed E-state index contributed by atoms with van der Waals surface area (Å²) >= 11 is 0. The van der Waals surface area contributed by atoms with Crippen molar-refractivity contribution in [1.29, 1.82) is 0 Å². The summed E-state index contributed by atoms with van der Waals surface area (Å²) in [5.41, 5.74) is 0. The molecule has 0 heterocycles. The van der Waals surface area contributed by atoms with Gasteiger partial charge in [0.05, 0.1) is 6.54 Å². The Balaban J connectivity index is 3.89. The second kappa shape index (κ2) is 6.23. The fourth-order valence-electron chi connectivity index (χ4n) is 0.932. The van der Waals surface area contributed by atoms with E-state index in [9.17, 15) is 9.59 Å². The first-order chi connectivity index (χ1) is 6.52. The summed E-state index contributed by atoms with van der Waals surface area (Å²) in [6.07, 6.45) is 0. The minimum atomic E-state index is -0.190. The molecule has 82 valence electrons. The zero-order valence-electron chi connectivity index (χ0n) is 9.33. The first-order valence-corrected chi connectivity index (χ1v) is 4.75. The number of nitrogens with one attached hydrogen (secondary N) is 1. The van der Waals surface area contributed by atoms with E-state index in [1.807, 2.05) is 13.8 Å². The summed E-state index contributed by atoms with van der Waals surface area (Å²) in [6, 6.07) is -0.190. The third-order valence-electron chi connectivity index (χ3n) is 1.94. The van der Waals surface area contributed by atoms with Crippen molar-refractivity contribution in [1.82, 2.24) is 15.1 Å². The molecule has 5 nitrogen and oxygen atoms in total. The zero-order chi connectivity index (χ0) is 11.1. The molecule has 0 aliphatic rings. The van der Waals surface area contributed by atoms with E-state index < -0.39 is 0 Å². The molecule has 0 bridgehead atoms. The highest BCUT2D eigenvalue weighted by Gasteiger charge is 2.10. The van der Waals surface area contributed by atoms with Gasteiger partial charge in [-0.15, -0.1) is 0 Å². The third kappa shape index (κ3) is 4.11. The second-order valence-corrected chi connectivity index (χ2v) is 3.12. The molecule has 0 spiro atoms. The van der Waals surface area contributed by atoms with Crippen LogP contribution in [0.1, 0.15) is 13.8 Å². The van der Waals surface area contributed by atoms with Crippen molar-refractivity contribution in [3.63, 3.8) is 0 Å². The predicted molar refractivity (Wildman–Crippen MR) is 55.0 cm³/mol. The van der Waals surface area contributed by atoms with Crippen LogP contribution in [-0.4, -0.2) is 55.5 Å². The standard InChI is InChI=1S/C9H19N3O2/c1-5-12(6-2)9(14)10-7-8(13)11(3)4/h5-7H2,1-4H3,(H,10,14). The molecule has 3 amide bonds. The van der Waals surface area contributed by atoms with E-state index in [0.717, 1.165) is 0 Å². The van der Waals surface area contributed by atoms with Gasteiger partial charge in [-0.25, -0.2) is 4.79 Å². The van der Waals surface area contributed by atoms with Crippen LogP contribution < -0.4 is 5.32 Å². The molecule has 0 aliphatic carbocycles. The molecule has 14 heavy (non-hydrogen) atoms. The van der Waals surface area contributed by atoms with Crippen LogP contribution >= 0.6 is 0 Å². The fourth-order valence-corrected chi connectivity index (χ4v) is 0.932. The van der Waals surface area contributed by atoms with E-state index in [4.69, 9.17) is 0 Å². The quantitative estimate of drug-likeness (QED) is 0.702. The number of hydrogen-bond donors (Lipinski definition) is 1. The summed E-state index contributed by atoms with van der Waals surface area (Å²) in [5, 5.41) is 2.56. The van der Waals surface area contributed by atoms with Gasteiger partial charge in [-0.05, 0) is 13.8 Å². The predicted octanol–water partition coefficient (Wildman–Crippen LogP) is 0.126. The Morgan fingerprint density at radius 1 is 1.14 bits per heavy atom. The minimum absolute atomic E-state index is 0.0579. The normalized spacial score (nSPS) is 9.43. The molecular formula is C9H19N3O2. The average Bonchev–Trinajstić information content (AvgIpc) is 2.15. The Morgan fingerprint density at radius 3 is 2.00 bits per heavy atom. The minimum Gasteiger partial charge on any atom is -0.347 e. The Bertz CT molecular complexity index is 200. The van der Waals surface area contributed by atoms with Crippen LogP contribution in [0.25, 0.3) is 0 Å². The van der Waals surface area contributed by atoms with E-state index in [1.54, 1.807) is 19.0 Å². The Labute approximate surface area is 85.1 Å². The van der Waals surface area contributed by atoms with Crippen molar-refractivity contribution in [2.24, 2.45) is 0 Å². The lowest BCUT2D eigenvalue weighted by Crippen LogP contribution is -2.44. The molecule has 0 saturated heterocycles. The van der Waals surface area contributed by atoms with E-state index in [0.29, 0.717) is 13.1 Å². The summed E-state index contributed by atoms with van der Waals surface area (Å²) in [4.78, 5) is 25.6. The summed E-state index contributed by atoms with van der Waals surface area (Å²) in [6.45, 7) is 5.16. The Kier molecular flexibility index (Phi) is 5.67. The van der Waals surface area contributed by atoms with Gasteiger partial charge in [0.25, 0.3) is 0 Å². The highest BCUT2D eigenvalue weighted by atomic mass is 16.2. The maximum atomic E-state index is 11.4. The number of urea groups is 1. The molecule has 0 aromatic carbocycles. The maximum Gasteiger partial charge on any atom is 0.317 e. The van der Waals surface area contributed by atoms with Gasteiger partial charge in [-0.2, -0.15) is 0 Å². The van der Waals surface area contributed by atoms with Gasteiger partial charge in [0, 0.05) is 27.2 Å². The van der Waals surface area contributed by atoms with Gasteiger partial charge in [0.1, 0.15) is 0 Å². The van der Waals surface area contributed by atoms with Crippen LogP contribution in [0.15, 0.2) is 0 Å². The number of carbonyl (C=O) groups is 2. The SMILES string of the molecule is CCN(CC)C(=O)NCC(=O)N(C)C. The zero-order valence-corrected chi connectivity index (χ0v) is 9.33. The van der Waals surface area contributed by atoms with Crippen LogP contribution in [0, 0.1) is 0 Å². The van der Waals surface area contributed by atoms with Gasteiger partial charge in [-0.1, -0.05) is 0 Å². The molecule has 5 heteroatoms. The van der Waals surface area contributed by atoms with Gasteiger partial charge >= 0.3 is 6.03 Å². The van der Waals surface area contributed by atoms with E-state index in [2.05, 4.69) is 5.32 Å². The van der Waals surface area contributed by atoms with Crippen molar-refractivity contribution in [3.8, 4) is 0 Å². The summed E-state index contributed by atoms with van der Waals surface area (Å²) in [5.74, 6) is -0.106.